The van der Waals surface area contributed by atoms with Crippen molar-refractivity contribution in [1.82, 2.24) is 14.9 Å². The number of aliphatic imine (C=N–C) groups is 1. The molecule has 0 unspecified atom stereocenters. The Morgan fingerprint density at radius 1 is 1.12 bits per heavy atom. The molecule has 170 valence electrons. The van der Waals surface area contributed by atoms with E-state index in [0.29, 0.717) is 11.6 Å². The van der Waals surface area contributed by atoms with Crippen molar-refractivity contribution in [2.75, 3.05) is 26.0 Å². The van der Waals surface area contributed by atoms with Crippen LogP contribution >= 0.6 is 0 Å². The first-order valence-electron chi connectivity index (χ1n) is 11.9. The van der Waals surface area contributed by atoms with Gasteiger partial charge in [0.05, 0.1) is 28.1 Å². The number of hydrogen-bond acceptors (Lipinski definition) is 6. The molecule has 1 fully saturated rings. The number of aromatic nitrogens is 2. The topological polar surface area (TPSA) is 70.5 Å². The number of fused-ring (bicyclic) bond motifs is 2. The quantitative estimate of drug-likeness (QED) is 0.526. The van der Waals surface area contributed by atoms with E-state index in [0.717, 1.165) is 65.4 Å². The van der Waals surface area contributed by atoms with Crippen molar-refractivity contribution in [2.24, 2.45) is 10.9 Å². The summed E-state index contributed by atoms with van der Waals surface area (Å²) in [5.74, 6) is 0.749. The van der Waals surface area contributed by atoms with Crippen molar-refractivity contribution >= 4 is 34.4 Å². The van der Waals surface area contributed by atoms with Crippen LogP contribution in [0.5, 0.6) is 0 Å². The largest absolute Gasteiger partial charge is 0.380 e. The summed E-state index contributed by atoms with van der Waals surface area (Å²) in [5.41, 5.74) is 7.15. The van der Waals surface area contributed by atoms with E-state index < -0.39 is 0 Å². The number of rotatable bonds is 6. The minimum atomic E-state index is 0.00673. The van der Waals surface area contributed by atoms with Gasteiger partial charge in [-0.25, -0.2) is 4.98 Å². The summed E-state index contributed by atoms with van der Waals surface area (Å²) in [6.07, 6.45) is 9.11. The lowest BCUT2D eigenvalue weighted by atomic mass is 9.85. The second-order valence-corrected chi connectivity index (χ2v) is 9.65. The first kappa shape index (κ1) is 21.7. The summed E-state index contributed by atoms with van der Waals surface area (Å²) >= 11 is 0. The highest BCUT2D eigenvalue weighted by atomic mass is 16.1. The van der Waals surface area contributed by atoms with Crippen molar-refractivity contribution in [1.29, 1.82) is 0 Å². The molecule has 0 saturated heterocycles. The SMILES string of the molecule is CC(=O)c1cnc2ccc(-c3ccc4c(c3)N=CC4)nc2c1NC1CCC(CN(C)C)CC1. The van der Waals surface area contributed by atoms with Crippen LogP contribution in [0.1, 0.15) is 48.5 Å². The zero-order valence-electron chi connectivity index (χ0n) is 19.6. The van der Waals surface area contributed by atoms with Crippen LogP contribution in [-0.4, -0.2) is 53.5 Å². The van der Waals surface area contributed by atoms with E-state index in [-0.39, 0.29) is 5.78 Å². The minimum absolute atomic E-state index is 0.00673. The van der Waals surface area contributed by atoms with E-state index in [2.05, 4.69) is 52.5 Å². The fraction of sp³-hybridized carbons (Fsp3) is 0.407. The standard InChI is InChI=1S/C27H31N5O/c1-17(33)22-15-29-24-11-10-23(20-7-6-19-12-13-28-25(19)14-20)31-27(24)26(22)30-21-8-4-18(5-9-21)16-32(2)3/h6-7,10-11,13-15,18,21H,4-5,8-9,12,16H2,1-3H3,(H,29,30). The molecular weight excluding hydrogens is 410 g/mol. The maximum absolute atomic E-state index is 12.5. The van der Waals surface area contributed by atoms with Crippen molar-refractivity contribution in [2.45, 2.75) is 45.1 Å². The molecule has 1 aliphatic carbocycles. The van der Waals surface area contributed by atoms with E-state index in [4.69, 9.17) is 4.98 Å². The molecule has 2 aliphatic rings. The first-order chi connectivity index (χ1) is 16.0. The molecule has 5 rings (SSSR count). The summed E-state index contributed by atoms with van der Waals surface area (Å²) in [6, 6.07) is 10.7. The van der Waals surface area contributed by atoms with E-state index >= 15 is 0 Å². The Hall–Kier alpha value is -3.12. The summed E-state index contributed by atoms with van der Waals surface area (Å²) in [7, 11) is 4.28. The number of carbonyl (C=O) groups excluding carboxylic acids is 1. The molecule has 0 bridgehead atoms. The van der Waals surface area contributed by atoms with Crippen LogP contribution in [0.15, 0.2) is 41.5 Å². The van der Waals surface area contributed by atoms with Gasteiger partial charge in [0.1, 0.15) is 5.52 Å². The molecule has 2 aromatic heterocycles. The third kappa shape index (κ3) is 4.53. The minimum Gasteiger partial charge on any atom is -0.380 e. The average molecular weight is 442 g/mol. The van der Waals surface area contributed by atoms with Gasteiger partial charge in [0.2, 0.25) is 0 Å². The van der Waals surface area contributed by atoms with E-state index in [1.807, 2.05) is 18.3 Å². The Morgan fingerprint density at radius 2 is 1.94 bits per heavy atom. The zero-order chi connectivity index (χ0) is 22.9. The molecule has 3 aromatic rings. The van der Waals surface area contributed by atoms with Crippen LogP contribution in [0.3, 0.4) is 0 Å². The second kappa shape index (κ2) is 9.02. The van der Waals surface area contributed by atoms with Gasteiger partial charge in [-0.2, -0.15) is 0 Å². The highest BCUT2D eigenvalue weighted by Crippen LogP contribution is 2.34. The Kier molecular flexibility index (Phi) is 5.94. The maximum Gasteiger partial charge on any atom is 0.163 e. The van der Waals surface area contributed by atoms with E-state index in [1.165, 1.54) is 18.4 Å². The summed E-state index contributed by atoms with van der Waals surface area (Å²) in [4.78, 5) is 28.8. The molecule has 3 heterocycles. The van der Waals surface area contributed by atoms with Crippen LogP contribution < -0.4 is 5.32 Å². The normalized spacial score (nSPS) is 19.8. The fourth-order valence-corrected chi connectivity index (χ4v) is 5.11. The number of nitrogens with one attached hydrogen (secondary N) is 1. The molecule has 6 heteroatoms. The Bertz CT molecular complexity index is 1220. The lowest BCUT2D eigenvalue weighted by Gasteiger charge is -2.31. The van der Waals surface area contributed by atoms with Gasteiger partial charge in [-0.15, -0.1) is 0 Å². The number of benzene rings is 1. The number of pyridine rings is 2. The van der Waals surface area contributed by atoms with Gasteiger partial charge in [0.25, 0.3) is 0 Å². The highest BCUT2D eigenvalue weighted by Gasteiger charge is 2.24. The molecule has 1 N–H and O–H groups in total. The van der Waals surface area contributed by atoms with Crippen molar-refractivity contribution < 1.29 is 4.79 Å². The fourth-order valence-electron chi connectivity index (χ4n) is 5.11. The predicted molar refractivity (Wildman–Crippen MR) is 135 cm³/mol. The van der Waals surface area contributed by atoms with Gasteiger partial charge >= 0.3 is 0 Å². The Labute approximate surface area is 195 Å². The summed E-state index contributed by atoms with van der Waals surface area (Å²) in [6.45, 7) is 2.74. The smallest absolute Gasteiger partial charge is 0.163 e. The molecule has 6 nitrogen and oxygen atoms in total. The molecule has 1 aromatic carbocycles. The highest BCUT2D eigenvalue weighted by molar-refractivity contribution is 6.06. The van der Waals surface area contributed by atoms with E-state index in [1.54, 1.807) is 13.1 Å². The number of ketones is 1. The molecule has 1 saturated carbocycles. The Balaban J connectivity index is 1.48. The van der Waals surface area contributed by atoms with Crippen LogP contribution in [0.2, 0.25) is 0 Å². The lowest BCUT2D eigenvalue weighted by Crippen LogP contribution is -2.31. The summed E-state index contributed by atoms with van der Waals surface area (Å²) in [5, 5.41) is 3.71. The van der Waals surface area contributed by atoms with Gasteiger partial charge in [-0.3, -0.25) is 14.8 Å². The Morgan fingerprint density at radius 3 is 2.70 bits per heavy atom. The number of nitrogens with zero attached hydrogens (tertiary/aromatic N) is 4. The molecule has 0 amide bonds. The average Bonchev–Trinajstić information content (AvgIpc) is 3.27. The summed E-state index contributed by atoms with van der Waals surface area (Å²) < 4.78 is 0. The van der Waals surface area contributed by atoms with Gasteiger partial charge in [-0.05, 0) is 76.4 Å². The number of carbonyl (C=O) groups is 1. The van der Waals surface area contributed by atoms with Gasteiger partial charge in [0.15, 0.2) is 5.78 Å². The number of Topliss-reactive ketones (excluding diaryl/α,β-unsaturated/α-hetero) is 1. The number of hydrogen-bond donors (Lipinski definition) is 1. The van der Waals surface area contributed by atoms with Crippen molar-refractivity contribution in [3.05, 3.63) is 47.7 Å². The zero-order valence-corrected chi connectivity index (χ0v) is 19.6. The number of anilines is 1. The molecule has 0 spiro atoms. The van der Waals surface area contributed by atoms with Crippen LogP contribution in [0.4, 0.5) is 11.4 Å². The van der Waals surface area contributed by atoms with Crippen molar-refractivity contribution in [3.8, 4) is 11.3 Å². The molecule has 0 radical (unpaired) electrons. The molecule has 33 heavy (non-hydrogen) atoms. The molecule has 1 aliphatic heterocycles. The first-order valence-corrected chi connectivity index (χ1v) is 11.9. The third-order valence-electron chi connectivity index (χ3n) is 6.83. The monoisotopic (exact) mass is 441 g/mol. The maximum atomic E-state index is 12.5. The lowest BCUT2D eigenvalue weighted by molar-refractivity contribution is 0.101. The van der Waals surface area contributed by atoms with Crippen LogP contribution in [-0.2, 0) is 6.42 Å². The predicted octanol–water partition coefficient (Wildman–Crippen LogP) is 5.29. The van der Waals surface area contributed by atoms with Gasteiger partial charge in [0, 0.05) is 37.0 Å². The van der Waals surface area contributed by atoms with Crippen LogP contribution in [0.25, 0.3) is 22.3 Å². The molecular formula is C27H31N5O. The van der Waals surface area contributed by atoms with E-state index in [9.17, 15) is 4.79 Å². The van der Waals surface area contributed by atoms with Gasteiger partial charge < -0.3 is 10.2 Å². The molecule has 0 atom stereocenters. The second-order valence-electron chi connectivity index (χ2n) is 9.65. The third-order valence-corrected chi connectivity index (χ3v) is 6.83. The van der Waals surface area contributed by atoms with Crippen LogP contribution in [0, 0.1) is 5.92 Å². The van der Waals surface area contributed by atoms with Gasteiger partial charge in [-0.1, -0.05) is 12.1 Å². The van der Waals surface area contributed by atoms with Crippen molar-refractivity contribution in [3.63, 3.8) is 0 Å².